The van der Waals surface area contributed by atoms with E-state index in [0.717, 1.165) is 5.75 Å². The molecule has 3 heteroatoms. The Bertz CT molecular complexity index is 46.8. The monoisotopic (exact) mass is 121 g/mol. The van der Waals surface area contributed by atoms with Gasteiger partial charge >= 0.3 is 7.66 Å². The highest BCUT2D eigenvalue weighted by molar-refractivity contribution is 8.45. The normalized spacial score (nSPS) is 8.67. The number of rotatable bonds is 3. The van der Waals surface area contributed by atoms with Crippen LogP contribution in [0, 0.1) is 0 Å². The Morgan fingerprint density at radius 3 is 2.83 bits per heavy atom. The average molecular weight is 121 g/mol. The van der Waals surface area contributed by atoms with Crippen LogP contribution in [0.25, 0.3) is 0 Å². The number of hydrogen-bond acceptors (Lipinski definition) is 2. The minimum Gasteiger partial charge on any atom is -0.102 e. The molecule has 1 nitrogen and oxygen atoms in total. The molecular formula is C3H6OPS+. The second-order valence-corrected chi connectivity index (χ2v) is 2.84. The van der Waals surface area contributed by atoms with Crippen molar-refractivity contribution in [2.75, 3.05) is 5.75 Å². The van der Waals surface area contributed by atoms with Gasteiger partial charge in [-0.3, -0.25) is 0 Å². The molecule has 0 heterocycles. The molecule has 34 valence electrons. The maximum absolute atomic E-state index is 9.63. The van der Waals surface area contributed by atoms with Gasteiger partial charge in [0.2, 0.25) is 0 Å². The third-order valence-electron chi connectivity index (χ3n) is 0.260. The van der Waals surface area contributed by atoms with Gasteiger partial charge < -0.3 is 0 Å². The summed E-state index contributed by atoms with van der Waals surface area (Å²) in [4.78, 5) is 0. The van der Waals surface area contributed by atoms with E-state index in [0.29, 0.717) is 0 Å². The zero-order valence-corrected chi connectivity index (χ0v) is 5.12. The van der Waals surface area contributed by atoms with Crippen LogP contribution in [0.5, 0.6) is 0 Å². The van der Waals surface area contributed by atoms with E-state index >= 15 is 0 Å². The van der Waals surface area contributed by atoms with E-state index in [1.54, 1.807) is 6.08 Å². The largest absolute Gasteiger partial charge is 0.396 e. The van der Waals surface area contributed by atoms with Gasteiger partial charge in [-0.1, -0.05) is 10.6 Å². The van der Waals surface area contributed by atoms with Gasteiger partial charge in [0.15, 0.2) is 0 Å². The van der Waals surface area contributed by atoms with Crippen LogP contribution in [0.2, 0.25) is 0 Å². The molecule has 0 aliphatic heterocycles. The summed E-state index contributed by atoms with van der Waals surface area (Å²) in [6, 6.07) is 0. The molecule has 0 aliphatic carbocycles. The van der Waals surface area contributed by atoms with Gasteiger partial charge in [0.1, 0.15) is 11.4 Å². The molecule has 1 unspecified atom stereocenters. The first-order valence-corrected chi connectivity index (χ1v) is 4.13. The second-order valence-electron chi connectivity index (χ2n) is 0.683. The predicted octanol–water partition coefficient (Wildman–Crippen LogP) is 1.84. The summed E-state index contributed by atoms with van der Waals surface area (Å²) >= 11 is 1.36. The number of hydrogen-bond donors (Lipinski definition) is 0. The van der Waals surface area contributed by atoms with Crippen LogP contribution in [0.15, 0.2) is 12.7 Å². The lowest BCUT2D eigenvalue weighted by Gasteiger charge is -1.62. The lowest BCUT2D eigenvalue weighted by atomic mass is 10.8. The fourth-order valence-electron chi connectivity index (χ4n) is 0.0929. The highest BCUT2D eigenvalue weighted by atomic mass is 32.7. The standard InChI is InChI=1S/C3H5OPS/c1-2-3-6-5-4/h2H,1,3H2/p+1. The van der Waals surface area contributed by atoms with Crippen LogP contribution >= 0.6 is 19.0 Å². The van der Waals surface area contributed by atoms with E-state index in [1.807, 2.05) is 0 Å². The molecule has 1 atom stereocenters. The molecule has 0 rings (SSSR count). The third kappa shape index (κ3) is 4.19. The summed E-state index contributed by atoms with van der Waals surface area (Å²) < 4.78 is 9.63. The Hall–Kier alpha value is 0.190. The van der Waals surface area contributed by atoms with Crippen LogP contribution in [0.3, 0.4) is 0 Å². The Balaban J connectivity index is 2.66. The minimum atomic E-state index is -0.240. The second kappa shape index (κ2) is 5.19. The third-order valence-corrected chi connectivity index (χ3v) is 1.63. The molecule has 0 N–H and O–H groups in total. The van der Waals surface area contributed by atoms with E-state index in [-0.39, 0.29) is 7.66 Å². The topological polar surface area (TPSA) is 17.1 Å². The van der Waals surface area contributed by atoms with Crippen molar-refractivity contribution in [1.82, 2.24) is 0 Å². The van der Waals surface area contributed by atoms with Gasteiger partial charge in [0, 0.05) is 0 Å². The summed E-state index contributed by atoms with van der Waals surface area (Å²) in [5.74, 6) is 0.794. The van der Waals surface area contributed by atoms with E-state index in [1.165, 1.54) is 11.4 Å². The fourth-order valence-corrected chi connectivity index (χ4v) is 0.837. The van der Waals surface area contributed by atoms with Crippen molar-refractivity contribution in [3.8, 4) is 0 Å². The molecule has 0 radical (unpaired) electrons. The van der Waals surface area contributed by atoms with E-state index in [4.69, 9.17) is 0 Å². The van der Waals surface area contributed by atoms with E-state index in [2.05, 4.69) is 6.58 Å². The predicted molar refractivity (Wildman–Crippen MR) is 31.7 cm³/mol. The molecule has 0 saturated heterocycles. The first-order valence-electron chi connectivity index (χ1n) is 1.51. The van der Waals surface area contributed by atoms with Crippen LogP contribution in [0.1, 0.15) is 0 Å². The summed E-state index contributed by atoms with van der Waals surface area (Å²) in [5, 5.41) is 0. The van der Waals surface area contributed by atoms with Crippen molar-refractivity contribution < 1.29 is 4.57 Å². The SMILES string of the molecule is C=CCS[PH+]=O. The first-order chi connectivity index (χ1) is 2.91. The zero-order chi connectivity index (χ0) is 4.83. The van der Waals surface area contributed by atoms with Crippen molar-refractivity contribution in [2.24, 2.45) is 0 Å². The van der Waals surface area contributed by atoms with Gasteiger partial charge in [-0.15, -0.1) is 6.58 Å². The minimum absolute atomic E-state index is 0.240. The Morgan fingerprint density at radius 1 is 2.00 bits per heavy atom. The maximum Gasteiger partial charge on any atom is 0.396 e. The smallest absolute Gasteiger partial charge is 0.102 e. The van der Waals surface area contributed by atoms with Crippen LogP contribution < -0.4 is 0 Å². The van der Waals surface area contributed by atoms with Gasteiger partial charge in [0.05, 0.1) is 5.75 Å². The van der Waals surface area contributed by atoms with E-state index in [9.17, 15) is 4.57 Å². The molecular weight excluding hydrogens is 115 g/mol. The molecule has 0 aliphatic rings. The van der Waals surface area contributed by atoms with Crippen LogP contribution in [-0.4, -0.2) is 5.75 Å². The van der Waals surface area contributed by atoms with Crippen LogP contribution in [0.4, 0.5) is 0 Å². The average Bonchev–Trinajstić information content (AvgIpc) is 1.61. The van der Waals surface area contributed by atoms with Crippen molar-refractivity contribution >= 4 is 19.0 Å². The van der Waals surface area contributed by atoms with Gasteiger partial charge in [-0.05, 0) is 0 Å². The molecule has 0 aromatic rings. The lowest BCUT2D eigenvalue weighted by Crippen LogP contribution is -1.52. The molecule has 0 saturated carbocycles. The lowest BCUT2D eigenvalue weighted by molar-refractivity contribution is 0.605. The summed E-state index contributed by atoms with van der Waals surface area (Å²) in [7, 11) is -0.240. The Labute approximate surface area is 42.8 Å². The molecule has 0 aromatic heterocycles. The fraction of sp³-hybridized carbons (Fsp3) is 0.333. The quantitative estimate of drug-likeness (QED) is 0.322. The highest BCUT2D eigenvalue weighted by Gasteiger charge is 1.84. The summed E-state index contributed by atoms with van der Waals surface area (Å²) in [6.45, 7) is 3.44. The molecule has 0 fully saturated rings. The highest BCUT2D eigenvalue weighted by Crippen LogP contribution is 2.15. The zero-order valence-electron chi connectivity index (χ0n) is 3.31. The molecule has 0 bridgehead atoms. The van der Waals surface area contributed by atoms with Crippen molar-refractivity contribution in [2.45, 2.75) is 0 Å². The van der Waals surface area contributed by atoms with E-state index < -0.39 is 0 Å². The molecule has 0 amide bonds. The van der Waals surface area contributed by atoms with Gasteiger partial charge in [-0.2, -0.15) is 0 Å². The van der Waals surface area contributed by atoms with Gasteiger partial charge in [-0.25, -0.2) is 0 Å². The Kier molecular flexibility index (Phi) is 5.35. The van der Waals surface area contributed by atoms with Crippen molar-refractivity contribution in [1.29, 1.82) is 0 Å². The van der Waals surface area contributed by atoms with Crippen molar-refractivity contribution in [3.05, 3.63) is 12.7 Å². The van der Waals surface area contributed by atoms with Gasteiger partial charge in [0.25, 0.3) is 0 Å². The van der Waals surface area contributed by atoms with Crippen LogP contribution in [-0.2, 0) is 4.57 Å². The maximum atomic E-state index is 9.63. The summed E-state index contributed by atoms with van der Waals surface area (Å²) in [5.41, 5.74) is 0. The summed E-state index contributed by atoms with van der Waals surface area (Å²) in [6.07, 6.45) is 1.73. The Morgan fingerprint density at radius 2 is 2.67 bits per heavy atom. The molecule has 6 heavy (non-hydrogen) atoms. The molecule has 0 spiro atoms. The molecule has 0 aromatic carbocycles. The first kappa shape index (κ1) is 6.19. The van der Waals surface area contributed by atoms with Crippen molar-refractivity contribution in [3.63, 3.8) is 0 Å².